The van der Waals surface area contributed by atoms with Crippen molar-refractivity contribution in [3.63, 3.8) is 0 Å². The lowest BCUT2D eigenvalue weighted by Crippen LogP contribution is -2.46. The van der Waals surface area contributed by atoms with Gasteiger partial charge in [-0.3, -0.25) is 4.21 Å². The predicted molar refractivity (Wildman–Crippen MR) is 119 cm³/mol. The standard InChI is InChI=1S/C24H31NO3S/c1-5-9-23(29(27)21-14-12-19(4)13-15-21)22(16-18(2)3)25-24(26)28-17-20-10-7-6-8-11-20/h5-8,10-15,18,22-23H,1,9,16-17H2,2-4H3,(H,25,26)/t22-,23-,29?/m1/s1. The van der Waals surface area contributed by atoms with Gasteiger partial charge in [-0.15, -0.1) is 6.58 Å². The number of aryl methyl sites for hydroxylation is 1. The van der Waals surface area contributed by atoms with Crippen LogP contribution in [0.1, 0.15) is 37.8 Å². The summed E-state index contributed by atoms with van der Waals surface area (Å²) in [6.45, 7) is 10.2. The van der Waals surface area contributed by atoms with E-state index in [1.54, 1.807) is 6.08 Å². The number of hydrogen-bond donors (Lipinski definition) is 1. The quantitative estimate of drug-likeness (QED) is 0.532. The molecule has 0 heterocycles. The van der Waals surface area contributed by atoms with Gasteiger partial charge in [0, 0.05) is 10.9 Å². The number of benzene rings is 2. The molecule has 156 valence electrons. The third kappa shape index (κ3) is 7.50. The van der Waals surface area contributed by atoms with Crippen LogP contribution in [-0.4, -0.2) is 21.6 Å². The summed E-state index contributed by atoms with van der Waals surface area (Å²) >= 11 is 0. The first-order valence-corrected chi connectivity index (χ1v) is 11.2. The molecule has 0 bridgehead atoms. The third-order valence-corrected chi connectivity index (χ3v) is 6.43. The lowest BCUT2D eigenvalue weighted by Gasteiger charge is -2.28. The molecule has 4 nitrogen and oxygen atoms in total. The van der Waals surface area contributed by atoms with E-state index in [1.807, 2.05) is 61.5 Å². The zero-order chi connectivity index (χ0) is 21.2. The van der Waals surface area contributed by atoms with Crippen LogP contribution in [0, 0.1) is 12.8 Å². The molecule has 2 aromatic carbocycles. The molecule has 0 aliphatic rings. The Morgan fingerprint density at radius 1 is 1.14 bits per heavy atom. The van der Waals surface area contributed by atoms with Gasteiger partial charge in [0.1, 0.15) is 6.61 Å². The molecular formula is C24H31NO3S. The van der Waals surface area contributed by atoms with Crippen molar-refractivity contribution < 1.29 is 13.7 Å². The lowest BCUT2D eigenvalue weighted by atomic mass is 9.99. The van der Waals surface area contributed by atoms with Gasteiger partial charge in [-0.25, -0.2) is 4.79 Å². The summed E-state index contributed by atoms with van der Waals surface area (Å²) in [6, 6.07) is 17.0. The summed E-state index contributed by atoms with van der Waals surface area (Å²) in [5, 5.41) is 2.69. The lowest BCUT2D eigenvalue weighted by molar-refractivity contribution is 0.134. The van der Waals surface area contributed by atoms with Crippen LogP contribution >= 0.6 is 0 Å². The molecule has 0 fully saturated rings. The van der Waals surface area contributed by atoms with E-state index >= 15 is 0 Å². The fourth-order valence-electron chi connectivity index (χ4n) is 3.14. The van der Waals surface area contributed by atoms with E-state index < -0.39 is 16.9 Å². The maximum Gasteiger partial charge on any atom is 0.407 e. The molecule has 2 aromatic rings. The predicted octanol–water partition coefficient (Wildman–Crippen LogP) is 5.39. The molecule has 0 saturated carbocycles. The van der Waals surface area contributed by atoms with Gasteiger partial charge in [-0.05, 0) is 43.4 Å². The molecule has 5 heteroatoms. The van der Waals surface area contributed by atoms with Crippen molar-refractivity contribution in [1.29, 1.82) is 0 Å². The highest BCUT2D eigenvalue weighted by Gasteiger charge is 2.29. The molecule has 1 N–H and O–H groups in total. The summed E-state index contributed by atoms with van der Waals surface area (Å²) in [4.78, 5) is 13.2. The second-order valence-electron chi connectivity index (χ2n) is 7.62. The van der Waals surface area contributed by atoms with E-state index in [0.717, 1.165) is 16.0 Å². The number of alkyl carbamates (subject to hydrolysis) is 1. The Hall–Kier alpha value is -2.40. The smallest absolute Gasteiger partial charge is 0.407 e. The highest BCUT2D eigenvalue weighted by atomic mass is 32.2. The van der Waals surface area contributed by atoms with Crippen LogP contribution in [0.4, 0.5) is 4.79 Å². The topological polar surface area (TPSA) is 55.4 Å². The minimum atomic E-state index is -1.27. The van der Waals surface area contributed by atoms with Gasteiger partial charge in [0.25, 0.3) is 0 Å². The number of ether oxygens (including phenoxy) is 1. The summed E-state index contributed by atoms with van der Waals surface area (Å²) in [7, 11) is -1.27. The largest absolute Gasteiger partial charge is 0.445 e. The van der Waals surface area contributed by atoms with Crippen LogP contribution in [0.3, 0.4) is 0 Å². The highest BCUT2D eigenvalue weighted by molar-refractivity contribution is 7.85. The van der Waals surface area contributed by atoms with E-state index in [9.17, 15) is 9.00 Å². The van der Waals surface area contributed by atoms with Crippen molar-refractivity contribution in [3.05, 3.63) is 78.4 Å². The highest BCUT2D eigenvalue weighted by Crippen LogP contribution is 2.22. The molecule has 0 spiro atoms. The Labute approximate surface area is 176 Å². The molecule has 0 aliphatic carbocycles. The Morgan fingerprint density at radius 2 is 1.79 bits per heavy atom. The van der Waals surface area contributed by atoms with Crippen molar-refractivity contribution in [2.45, 2.75) is 56.4 Å². The minimum absolute atomic E-state index is 0.203. The van der Waals surface area contributed by atoms with Crippen LogP contribution < -0.4 is 5.32 Å². The molecule has 29 heavy (non-hydrogen) atoms. The van der Waals surface area contributed by atoms with E-state index in [2.05, 4.69) is 25.7 Å². The van der Waals surface area contributed by atoms with Crippen molar-refractivity contribution >= 4 is 16.9 Å². The summed E-state index contributed by atoms with van der Waals surface area (Å²) in [5.41, 5.74) is 2.04. The molecule has 0 aromatic heterocycles. The fourth-order valence-corrected chi connectivity index (χ4v) is 4.68. The van der Waals surface area contributed by atoms with E-state index in [4.69, 9.17) is 4.74 Å². The molecule has 1 amide bonds. The minimum Gasteiger partial charge on any atom is -0.445 e. The van der Waals surface area contributed by atoms with Gasteiger partial charge >= 0.3 is 6.09 Å². The molecule has 0 saturated heterocycles. The van der Waals surface area contributed by atoms with Crippen molar-refractivity contribution in [2.75, 3.05) is 0 Å². The van der Waals surface area contributed by atoms with Gasteiger partial charge in [-0.1, -0.05) is 68.0 Å². The molecular weight excluding hydrogens is 382 g/mol. The third-order valence-electron chi connectivity index (χ3n) is 4.62. The number of hydrogen-bond acceptors (Lipinski definition) is 3. The monoisotopic (exact) mass is 413 g/mol. The molecule has 2 rings (SSSR count). The first-order chi connectivity index (χ1) is 13.9. The van der Waals surface area contributed by atoms with Crippen LogP contribution in [0.5, 0.6) is 0 Å². The van der Waals surface area contributed by atoms with Crippen LogP contribution in [-0.2, 0) is 22.1 Å². The second kappa shape index (κ2) is 11.6. The summed E-state index contributed by atoms with van der Waals surface area (Å²) < 4.78 is 18.7. The summed E-state index contributed by atoms with van der Waals surface area (Å²) in [6.07, 6.45) is 2.52. The average Bonchev–Trinajstić information content (AvgIpc) is 2.70. The summed E-state index contributed by atoms with van der Waals surface area (Å²) in [5.74, 6) is 0.330. The number of rotatable bonds is 10. The van der Waals surface area contributed by atoms with Crippen molar-refractivity contribution in [2.24, 2.45) is 5.92 Å². The molecule has 3 atom stereocenters. The first-order valence-electron chi connectivity index (χ1n) is 9.96. The van der Waals surface area contributed by atoms with E-state index in [-0.39, 0.29) is 17.9 Å². The zero-order valence-corrected chi connectivity index (χ0v) is 18.3. The SMILES string of the molecule is C=CC[C@H]([C@@H](CC(C)C)NC(=O)OCc1ccccc1)S(=O)c1ccc(C)cc1. The van der Waals surface area contributed by atoms with Crippen molar-refractivity contribution in [1.82, 2.24) is 5.32 Å². The van der Waals surface area contributed by atoms with E-state index in [1.165, 1.54) is 0 Å². The van der Waals surface area contributed by atoms with Crippen molar-refractivity contribution in [3.8, 4) is 0 Å². The van der Waals surface area contributed by atoms with E-state index in [0.29, 0.717) is 18.8 Å². The normalized spacial score (nSPS) is 14.1. The Balaban J connectivity index is 2.12. The molecule has 1 unspecified atom stereocenters. The van der Waals surface area contributed by atoms with Gasteiger partial charge in [0.05, 0.1) is 16.0 Å². The van der Waals surface area contributed by atoms with Crippen LogP contribution in [0.25, 0.3) is 0 Å². The van der Waals surface area contributed by atoms with Crippen LogP contribution in [0.15, 0.2) is 72.1 Å². The average molecular weight is 414 g/mol. The van der Waals surface area contributed by atoms with Crippen LogP contribution in [0.2, 0.25) is 0 Å². The van der Waals surface area contributed by atoms with Gasteiger partial charge in [0.2, 0.25) is 0 Å². The Morgan fingerprint density at radius 3 is 2.38 bits per heavy atom. The maximum absolute atomic E-state index is 13.3. The molecule has 0 aliphatic heterocycles. The number of amides is 1. The first kappa shape index (κ1) is 22.9. The van der Waals surface area contributed by atoms with Gasteiger partial charge < -0.3 is 10.1 Å². The molecule has 0 radical (unpaired) electrons. The number of allylic oxidation sites excluding steroid dienone is 1. The zero-order valence-electron chi connectivity index (χ0n) is 17.5. The fraction of sp³-hybridized carbons (Fsp3) is 0.375. The second-order valence-corrected chi connectivity index (χ2v) is 9.29. The number of nitrogens with one attached hydrogen (secondary N) is 1. The Bertz CT molecular complexity index is 803. The number of carbonyl (C=O) groups excluding carboxylic acids is 1. The van der Waals surface area contributed by atoms with Gasteiger partial charge in [0.15, 0.2) is 0 Å². The Kier molecular flexibility index (Phi) is 9.13. The van der Waals surface area contributed by atoms with Gasteiger partial charge in [-0.2, -0.15) is 0 Å². The number of carbonyl (C=O) groups is 1. The maximum atomic E-state index is 13.3.